The molecule has 1 amide bonds. The van der Waals surface area contributed by atoms with E-state index < -0.39 is 18.0 Å². The van der Waals surface area contributed by atoms with E-state index in [-0.39, 0.29) is 29.8 Å². The van der Waals surface area contributed by atoms with Crippen molar-refractivity contribution in [2.75, 3.05) is 49.8 Å². The van der Waals surface area contributed by atoms with Crippen molar-refractivity contribution in [1.82, 2.24) is 9.97 Å². The van der Waals surface area contributed by atoms with Gasteiger partial charge in [0.05, 0.1) is 18.9 Å². The quantitative estimate of drug-likeness (QED) is 0.494. The molecule has 0 spiro atoms. The summed E-state index contributed by atoms with van der Waals surface area (Å²) in [4.78, 5) is 20.9. The van der Waals surface area contributed by atoms with Crippen LogP contribution in [0.15, 0.2) is 24.5 Å². The second-order valence-corrected chi connectivity index (χ2v) is 8.08. The van der Waals surface area contributed by atoms with Crippen molar-refractivity contribution in [2.24, 2.45) is 0 Å². The molecular weight excluding hydrogens is 445 g/mol. The molecule has 2 aliphatic rings. The van der Waals surface area contributed by atoms with Gasteiger partial charge in [-0.2, -0.15) is 0 Å². The zero-order valence-electron chi connectivity index (χ0n) is 18.7. The van der Waals surface area contributed by atoms with Gasteiger partial charge < -0.3 is 30.0 Å². The normalized spacial score (nSPS) is 19.3. The maximum Gasteiger partial charge on any atom is 0.413 e. The van der Waals surface area contributed by atoms with E-state index in [1.807, 2.05) is 6.92 Å². The Labute approximate surface area is 194 Å². The molecule has 34 heavy (non-hydrogen) atoms. The van der Waals surface area contributed by atoms with Crippen LogP contribution in [0.5, 0.6) is 5.88 Å². The van der Waals surface area contributed by atoms with Crippen molar-refractivity contribution in [3.05, 3.63) is 35.9 Å². The van der Waals surface area contributed by atoms with E-state index >= 15 is 4.39 Å². The van der Waals surface area contributed by atoms with Crippen molar-refractivity contribution in [3.8, 4) is 17.0 Å². The summed E-state index contributed by atoms with van der Waals surface area (Å²) in [5.74, 6) is 0.153. The average Bonchev–Trinajstić information content (AvgIpc) is 3.29. The molecule has 1 saturated heterocycles. The lowest BCUT2D eigenvalue weighted by atomic mass is 9.97. The van der Waals surface area contributed by atoms with Crippen LogP contribution in [0.2, 0.25) is 0 Å². The number of ether oxygens (including phenoxy) is 4. The van der Waals surface area contributed by atoms with Crippen molar-refractivity contribution in [2.45, 2.75) is 19.1 Å². The summed E-state index contributed by atoms with van der Waals surface area (Å²) < 4.78 is 36.8. The molecule has 0 unspecified atom stereocenters. The van der Waals surface area contributed by atoms with Gasteiger partial charge in [0, 0.05) is 42.6 Å². The van der Waals surface area contributed by atoms with Crippen LogP contribution in [0, 0.1) is 12.7 Å². The first-order valence-electron chi connectivity index (χ1n) is 10.8. The number of aromatic nitrogens is 2. The number of methoxy groups -OCH3 is 1. The topological polar surface area (TPSA) is 130 Å². The number of amides is 1. The number of benzene rings is 1. The summed E-state index contributed by atoms with van der Waals surface area (Å²) >= 11 is 0. The van der Waals surface area contributed by atoms with Gasteiger partial charge in [-0.25, -0.2) is 19.2 Å². The number of anilines is 3. The predicted molar refractivity (Wildman–Crippen MR) is 124 cm³/mol. The minimum atomic E-state index is -0.694. The highest BCUT2D eigenvalue weighted by Crippen LogP contribution is 2.39. The lowest BCUT2D eigenvalue weighted by molar-refractivity contribution is 0.0117. The van der Waals surface area contributed by atoms with Crippen molar-refractivity contribution >= 4 is 34.1 Å². The number of nitrogens with zero attached hydrogens (tertiary/aromatic N) is 2. The molecule has 1 aromatic carbocycles. The summed E-state index contributed by atoms with van der Waals surface area (Å²) in [5, 5.41) is 6.87. The Hall–Kier alpha value is -3.70. The summed E-state index contributed by atoms with van der Waals surface area (Å²) in [5.41, 5.74) is 8.48. The minimum absolute atomic E-state index is 0.0403. The van der Waals surface area contributed by atoms with E-state index in [1.165, 1.54) is 13.3 Å². The molecule has 3 aromatic rings. The molecule has 2 atom stereocenters. The van der Waals surface area contributed by atoms with Gasteiger partial charge in [-0.3, -0.25) is 5.32 Å². The van der Waals surface area contributed by atoms with Gasteiger partial charge in [-0.05, 0) is 30.0 Å². The first-order chi connectivity index (χ1) is 16.5. The second kappa shape index (κ2) is 8.92. The molecule has 0 radical (unpaired) electrons. The van der Waals surface area contributed by atoms with E-state index in [1.54, 1.807) is 18.3 Å². The molecule has 4 N–H and O–H groups in total. The maximum absolute atomic E-state index is 15.3. The van der Waals surface area contributed by atoms with Crippen molar-refractivity contribution in [1.29, 1.82) is 0 Å². The molecule has 0 saturated carbocycles. The third-order valence-electron chi connectivity index (χ3n) is 6.01. The third-order valence-corrected chi connectivity index (χ3v) is 6.01. The van der Waals surface area contributed by atoms with Crippen LogP contribution in [-0.4, -0.2) is 61.7 Å². The highest BCUT2D eigenvalue weighted by atomic mass is 19.1. The lowest BCUT2D eigenvalue weighted by Gasteiger charge is -2.22. The van der Waals surface area contributed by atoms with Crippen LogP contribution in [-0.2, 0) is 14.2 Å². The van der Waals surface area contributed by atoms with Crippen LogP contribution < -0.4 is 21.1 Å². The third kappa shape index (κ3) is 3.93. The fourth-order valence-corrected chi connectivity index (χ4v) is 4.17. The predicted octanol–water partition coefficient (Wildman–Crippen LogP) is 3.09. The fraction of sp³-hybridized carbons (Fsp3) is 0.348. The number of halogens is 1. The number of nitrogen functional groups attached to an aromatic ring is 1. The number of carbonyl (C=O) groups is 1. The van der Waals surface area contributed by atoms with Gasteiger partial charge in [0.25, 0.3) is 0 Å². The van der Waals surface area contributed by atoms with E-state index in [4.69, 9.17) is 24.7 Å². The molecule has 4 heterocycles. The number of rotatable bonds is 4. The Balaban J connectivity index is 1.46. The van der Waals surface area contributed by atoms with Crippen molar-refractivity contribution in [3.63, 3.8) is 0 Å². The molecule has 0 aliphatic carbocycles. The molecule has 11 heteroatoms. The van der Waals surface area contributed by atoms with E-state index in [9.17, 15) is 4.79 Å². The zero-order valence-corrected chi connectivity index (χ0v) is 18.7. The summed E-state index contributed by atoms with van der Waals surface area (Å²) in [7, 11) is 1.53. The standard InChI is InChI=1S/C23H24FN5O5/c1-11-14(7-28-22-21(11)26-3-4-33-22)13-5-12-6-18(27-8-15(12)20(25)19(13)24)29-23(30)34-17-10-32-9-16(17)31-2/h5-8,16-17,26H,3-4,9-10,25H2,1-2H3,(H,27,29,30)/t16-,17-/m0/s1. The first-order valence-corrected chi connectivity index (χ1v) is 10.8. The van der Waals surface area contributed by atoms with Gasteiger partial charge in [0.2, 0.25) is 5.88 Å². The first kappa shape index (κ1) is 22.1. The second-order valence-electron chi connectivity index (χ2n) is 8.08. The molecule has 178 valence electrons. The maximum atomic E-state index is 15.3. The average molecular weight is 469 g/mol. The smallest absolute Gasteiger partial charge is 0.413 e. The van der Waals surface area contributed by atoms with Crippen LogP contribution >= 0.6 is 0 Å². The summed E-state index contributed by atoms with van der Waals surface area (Å²) in [6.07, 6.45) is 1.45. The Morgan fingerprint density at radius 1 is 1.24 bits per heavy atom. The minimum Gasteiger partial charge on any atom is -0.474 e. The van der Waals surface area contributed by atoms with E-state index in [0.29, 0.717) is 42.0 Å². The Bertz CT molecular complexity index is 1270. The van der Waals surface area contributed by atoms with Gasteiger partial charge in [-0.15, -0.1) is 0 Å². The summed E-state index contributed by atoms with van der Waals surface area (Å²) in [6.45, 7) is 3.63. The fourth-order valence-electron chi connectivity index (χ4n) is 4.17. The Kier molecular flexibility index (Phi) is 5.80. The molecule has 2 aliphatic heterocycles. The molecule has 0 bridgehead atoms. The summed E-state index contributed by atoms with van der Waals surface area (Å²) in [6, 6.07) is 3.27. The van der Waals surface area contributed by atoms with E-state index in [0.717, 1.165) is 11.3 Å². The SMILES string of the molecule is CO[C@H]1COC[C@@H]1OC(=O)Nc1cc2cc(-c3cnc4c(c3C)NCCO4)c(F)c(N)c2cn1. The van der Waals surface area contributed by atoms with Crippen molar-refractivity contribution < 1.29 is 28.1 Å². The molecule has 5 rings (SSSR count). The highest BCUT2D eigenvalue weighted by molar-refractivity contribution is 5.99. The number of carbonyl (C=O) groups excluding carboxylic acids is 1. The Morgan fingerprint density at radius 2 is 2.06 bits per heavy atom. The van der Waals surface area contributed by atoms with Gasteiger partial charge in [-0.1, -0.05) is 0 Å². The van der Waals surface area contributed by atoms with Gasteiger partial charge >= 0.3 is 6.09 Å². The van der Waals surface area contributed by atoms with Gasteiger partial charge in [0.1, 0.15) is 24.2 Å². The van der Waals surface area contributed by atoms with Crippen LogP contribution in [0.1, 0.15) is 5.56 Å². The van der Waals surface area contributed by atoms with Crippen LogP contribution in [0.3, 0.4) is 0 Å². The molecular formula is C23H24FN5O5. The number of hydrogen-bond acceptors (Lipinski definition) is 9. The van der Waals surface area contributed by atoms with Crippen LogP contribution in [0.25, 0.3) is 21.9 Å². The largest absolute Gasteiger partial charge is 0.474 e. The number of pyridine rings is 2. The number of fused-ring (bicyclic) bond motifs is 2. The molecule has 1 fully saturated rings. The van der Waals surface area contributed by atoms with Gasteiger partial charge in [0.15, 0.2) is 11.9 Å². The number of nitrogens with one attached hydrogen (secondary N) is 2. The molecule has 2 aromatic heterocycles. The Morgan fingerprint density at radius 3 is 2.88 bits per heavy atom. The molecule has 10 nitrogen and oxygen atoms in total. The van der Waals surface area contributed by atoms with E-state index in [2.05, 4.69) is 20.6 Å². The lowest BCUT2D eigenvalue weighted by Crippen LogP contribution is -2.33. The number of nitrogens with two attached hydrogens (primary N) is 1. The zero-order chi connectivity index (χ0) is 23.8. The van der Waals surface area contributed by atoms with Crippen LogP contribution in [0.4, 0.5) is 26.4 Å². The highest BCUT2D eigenvalue weighted by Gasteiger charge is 2.31. The monoisotopic (exact) mass is 469 g/mol. The number of hydrogen-bond donors (Lipinski definition) is 3.